The molecule has 0 aromatic carbocycles. The van der Waals surface area contributed by atoms with Gasteiger partial charge in [0.05, 0.1) is 12.9 Å². The maximum absolute atomic E-state index is 10.7. The highest BCUT2D eigenvalue weighted by molar-refractivity contribution is 5.88. The minimum atomic E-state index is -0.533. The molecule has 0 unspecified atom stereocenters. The number of hydrogen-bond donors (Lipinski definition) is 0. The van der Waals surface area contributed by atoms with E-state index in [1.807, 2.05) is 0 Å². The third-order valence-corrected chi connectivity index (χ3v) is 1.08. The van der Waals surface area contributed by atoms with Crippen LogP contribution >= 0.6 is 0 Å². The zero-order valence-corrected chi connectivity index (χ0v) is 6.66. The lowest BCUT2D eigenvalue weighted by atomic mass is 10.4. The Morgan fingerprint density at radius 3 is 3.17 bits per heavy atom. The van der Waals surface area contributed by atoms with Crippen LogP contribution in [0.3, 0.4) is 0 Å². The Morgan fingerprint density at radius 2 is 2.58 bits per heavy atom. The van der Waals surface area contributed by atoms with Crippen LogP contribution in [0, 0.1) is 11.8 Å². The average Bonchev–Trinajstić information content (AvgIpc) is 2.53. The van der Waals surface area contributed by atoms with Gasteiger partial charge in [0.25, 0.3) is 0 Å². The fourth-order valence-electron chi connectivity index (χ4n) is 0.629. The minimum absolute atomic E-state index is 0.339. The second-order valence-corrected chi connectivity index (χ2v) is 1.95. The first-order chi connectivity index (χ1) is 5.83. The van der Waals surface area contributed by atoms with E-state index in [4.69, 9.17) is 4.42 Å². The molecule has 1 rings (SSSR count). The number of esters is 1. The number of hydrogen-bond acceptors (Lipinski definition) is 3. The number of rotatable bonds is 1. The van der Waals surface area contributed by atoms with Crippen molar-refractivity contribution >= 4 is 5.97 Å². The molecule has 0 aliphatic heterocycles. The Hall–Kier alpha value is -1.69. The molecule has 0 amide bonds. The van der Waals surface area contributed by atoms with Crippen LogP contribution in [0.25, 0.3) is 0 Å². The van der Waals surface area contributed by atoms with Gasteiger partial charge in [-0.1, -0.05) is 0 Å². The van der Waals surface area contributed by atoms with Crippen molar-refractivity contribution < 1.29 is 13.9 Å². The van der Waals surface area contributed by atoms with Crippen molar-refractivity contribution in [2.24, 2.45) is 0 Å². The summed E-state index contributed by atoms with van der Waals surface area (Å²) in [5.74, 6) is 4.73. The summed E-state index contributed by atoms with van der Waals surface area (Å²) < 4.78 is 9.47. The van der Waals surface area contributed by atoms with Crippen molar-refractivity contribution in [3.63, 3.8) is 0 Å². The van der Waals surface area contributed by atoms with E-state index < -0.39 is 5.97 Å². The third-order valence-electron chi connectivity index (χ3n) is 1.08. The van der Waals surface area contributed by atoms with Crippen LogP contribution in [0.4, 0.5) is 0 Å². The first-order valence-corrected chi connectivity index (χ1v) is 3.55. The highest BCUT2D eigenvalue weighted by Gasteiger charge is 1.93. The maximum atomic E-state index is 10.7. The van der Waals surface area contributed by atoms with Crippen molar-refractivity contribution in [2.45, 2.75) is 6.92 Å². The van der Waals surface area contributed by atoms with Crippen LogP contribution in [-0.4, -0.2) is 12.6 Å². The van der Waals surface area contributed by atoms with Gasteiger partial charge in [-0.05, 0) is 25.0 Å². The summed E-state index contributed by atoms with van der Waals surface area (Å²) in [7, 11) is 0. The number of furan rings is 1. The largest absolute Gasteiger partial charge is 0.456 e. The highest BCUT2D eigenvalue weighted by Crippen LogP contribution is 1.95. The van der Waals surface area contributed by atoms with Crippen LogP contribution in [0.1, 0.15) is 12.7 Å². The first-order valence-electron chi connectivity index (χ1n) is 3.55. The number of carbonyl (C=O) groups excluding carboxylic acids is 1. The lowest BCUT2D eigenvalue weighted by molar-refractivity contribution is -0.136. The number of carbonyl (C=O) groups is 1. The lowest BCUT2D eigenvalue weighted by Gasteiger charge is -1.89. The van der Waals surface area contributed by atoms with E-state index in [2.05, 4.69) is 16.6 Å². The van der Waals surface area contributed by atoms with Crippen molar-refractivity contribution in [3.8, 4) is 11.8 Å². The molecule has 0 spiro atoms. The number of ether oxygens (including phenoxy) is 1. The smallest absolute Gasteiger partial charge is 0.384 e. The van der Waals surface area contributed by atoms with E-state index >= 15 is 0 Å². The molecule has 1 aromatic heterocycles. The summed E-state index contributed by atoms with van der Waals surface area (Å²) in [5, 5.41) is 0. The maximum Gasteiger partial charge on any atom is 0.384 e. The second-order valence-electron chi connectivity index (χ2n) is 1.95. The summed E-state index contributed by atoms with van der Waals surface area (Å²) >= 11 is 0. The van der Waals surface area contributed by atoms with E-state index in [1.165, 1.54) is 6.26 Å². The van der Waals surface area contributed by atoms with Gasteiger partial charge in [0.2, 0.25) is 0 Å². The molecule has 0 atom stereocenters. The molecule has 0 aliphatic rings. The van der Waals surface area contributed by atoms with Gasteiger partial charge in [-0.25, -0.2) is 4.79 Å². The van der Waals surface area contributed by atoms with E-state index in [0.29, 0.717) is 12.4 Å². The normalized spacial score (nSPS) is 8.42. The Morgan fingerprint density at radius 1 is 1.75 bits per heavy atom. The Balaban J connectivity index is 2.54. The standard InChI is InChI=1S/C9H8O3/c1-2-11-9(10)6-5-8-4-3-7-12-8/h3-4,7H,2H2,1H3. The predicted octanol–water partition coefficient (Wildman–Crippen LogP) is 1.19. The Labute approximate surface area is 70.3 Å². The summed E-state index contributed by atoms with van der Waals surface area (Å²) in [6.07, 6.45) is 1.50. The Kier molecular flexibility index (Phi) is 2.97. The quantitative estimate of drug-likeness (QED) is 0.462. The fraction of sp³-hybridized carbons (Fsp3) is 0.222. The third kappa shape index (κ3) is 2.51. The fourth-order valence-corrected chi connectivity index (χ4v) is 0.629. The van der Waals surface area contributed by atoms with E-state index in [0.717, 1.165) is 0 Å². The van der Waals surface area contributed by atoms with E-state index in [9.17, 15) is 4.79 Å². The molecule has 0 bridgehead atoms. The van der Waals surface area contributed by atoms with Gasteiger partial charge in [-0.3, -0.25) is 0 Å². The van der Waals surface area contributed by atoms with Crippen LogP contribution in [-0.2, 0) is 9.53 Å². The summed E-state index contributed by atoms with van der Waals surface area (Å²) in [4.78, 5) is 10.7. The zero-order valence-electron chi connectivity index (χ0n) is 6.66. The van der Waals surface area contributed by atoms with Crippen molar-refractivity contribution in [2.75, 3.05) is 6.61 Å². The van der Waals surface area contributed by atoms with Crippen LogP contribution in [0.5, 0.6) is 0 Å². The SMILES string of the molecule is CCOC(=O)C#Cc1ccco1. The molecule has 62 valence electrons. The molecule has 0 radical (unpaired) electrons. The van der Waals surface area contributed by atoms with Gasteiger partial charge >= 0.3 is 5.97 Å². The minimum Gasteiger partial charge on any atom is -0.456 e. The lowest BCUT2D eigenvalue weighted by Crippen LogP contribution is -1.99. The molecule has 0 N–H and O–H groups in total. The molecule has 3 heteroatoms. The molecule has 12 heavy (non-hydrogen) atoms. The van der Waals surface area contributed by atoms with Gasteiger partial charge in [0, 0.05) is 5.92 Å². The summed E-state index contributed by atoms with van der Waals surface area (Å²) in [6.45, 7) is 2.07. The Bertz CT molecular complexity index is 300. The van der Waals surface area contributed by atoms with Crippen molar-refractivity contribution in [1.29, 1.82) is 0 Å². The van der Waals surface area contributed by atoms with Crippen LogP contribution in [0.15, 0.2) is 22.8 Å². The van der Waals surface area contributed by atoms with Gasteiger partial charge < -0.3 is 9.15 Å². The topological polar surface area (TPSA) is 39.4 Å². The molecule has 0 saturated heterocycles. The average molecular weight is 164 g/mol. The molecule has 1 aromatic rings. The van der Waals surface area contributed by atoms with Gasteiger partial charge in [0.1, 0.15) is 0 Å². The molecular weight excluding hydrogens is 156 g/mol. The van der Waals surface area contributed by atoms with Crippen LogP contribution in [0.2, 0.25) is 0 Å². The first kappa shape index (κ1) is 8.41. The molecule has 0 saturated carbocycles. The van der Waals surface area contributed by atoms with E-state index in [-0.39, 0.29) is 0 Å². The van der Waals surface area contributed by atoms with Gasteiger partial charge in [-0.15, -0.1) is 0 Å². The van der Waals surface area contributed by atoms with Crippen molar-refractivity contribution in [3.05, 3.63) is 24.2 Å². The van der Waals surface area contributed by atoms with Crippen molar-refractivity contribution in [1.82, 2.24) is 0 Å². The molecule has 0 fully saturated rings. The molecule has 3 nitrogen and oxygen atoms in total. The zero-order chi connectivity index (χ0) is 8.81. The van der Waals surface area contributed by atoms with E-state index in [1.54, 1.807) is 19.1 Å². The molecule has 1 heterocycles. The molecule has 0 aliphatic carbocycles. The predicted molar refractivity (Wildman–Crippen MR) is 42.2 cm³/mol. The monoisotopic (exact) mass is 164 g/mol. The molecular formula is C9H8O3. The van der Waals surface area contributed by atoms with Gasteiger partial charge in [-0.2, -0.15) is 0 Å². The van der Waals surface area contributed by atoms with Gasteiger partial charge in [0.15, 0.2) is 5.76 Å². The van der Waals surface area contributed by atoms with Crippen LogP contribution < -0.4 is 0 Å². The highest BCUT2D eigenvalue weighted by atomic mass is 16.5. The summed E-state index contributed by atoms with van der Waals surface area (Å²) in [5.41, 5.74) is 0. The summed E-state index contributed by atoms with van der Waals surface area (Å²) in [6, 6.07) is 3.38. The second kappa shape index (κ2) is 4.24.